The van der Waals surface area contributed by atoms with Crippen LogP contribution in [0.2, 0.25) is 0 Å². The number of anilines is 1. The highest BCUT2D eigenvalue weighted by molar-refractivity contribution is 7.15. The number of aromatic nitrogens is 1. The minimum Gasteiger partial charge on any atom is -0.350 e. The van der Waals surface area contributed by atoms with Gasteiger partial charge in [-0.1, -0.05) is 27.7 Å². The van der Waals surface area contributed by atoms with Crippen LogP contribution < -0.4 is 10.2 Å². The number of rotatable bonds is 8. The predicted octanol–water partition coefficient (Wildman–Crippen LogP) is 2.94. The zero-order valence-electron chi connectivity index (χ0n) is 14.8. The molecule has 0 aliphatic rings. The van der Waals surface area contributed by atoms with Gasteiger partial charge in [0.2, 0.25) is 0 Å². The van der Waals surface area contributed by atoms with Crippen molar-refractivity contribution in [2.24, 2.45) is 0 Å². The monoisotopic (exact) mass is 312 g/mol. The molecule has 1 aromatic rings. The molecule has 0 unspecified atom stereocenters. The summed E-state index contributed by atoms with van der Waals surface area (Å²) in [7, 11) is 6.35. The second-order valence-electron chi connectivity index (χ2n) is 6.92. The third kappa shape index (κ3) is 5.93. The van der Waals surface area contributed by atoms with Crippen molar-refractivity contribution >= 4 is 16.5 Å². The Morgan fingerprint density at radius 3 is 2.33 bits per heavy atom. The first-order valence-corrected chi connectivity index (χ1v) is 8.64. The van der Waals surface area contributed by atoms with E-state index >= 15 is 0 Å². The van der Waals surface area contributed by atoms with Crippen LogP contribution in [0.3, 0.4) is 0 Å². The second-order valence-corrected chi connectivity index (χ2v) is 7.98. The standard InChI is InChI=1S/C16H32N4S/c1-8-9-17-12-13-14(16(2,3)4)18-15(21-13)20(7)11-10-19(5)6/h17H,8-12H2,1-7H3. The van der Waals surface area contributed by atoms with Gasteiger partial charge >= 0.3 is 0 Å². The van der Waals surface area contributed by atoms with Crippen LogP contribution in [0.25, 0.3) is 0 Å². The summed E-state index contributed by atoms with van der Waals surface area (Å²) in [6.07, 6.45) is 1.17. The van der Waals surface area contributed by atoms with Gasteiger partial charge in [0.1, 0.15) is 0 Å². The Morgan fingerprint density at radius 2 is 1.81 bits per heavy atom. The molecule has 21 heavy (non-hydrogen) atoms. The van der Waals surface area contributed by atoms with Gasteiger partial charge in [-0.3, -0.25) is 0 Å². The molecule has 0 bridgehead atoms. The minimum atomic E-state index is 0.0976. The summed E-state index contributed by atoms with van der Waals surface area (Å²) < 4.78 is 0. The Morgan fingerprint density at radius 1 is 1.14 bits per heavy atom. The van der Waals surface area contributed by atoms with Crippen LogP contribution in [0, 0.1) is 0 Å². The van der Waals surface area contributed by atoms with Crippen LogP contribution in [0.15, 0.2) is 0 Å². The Labute approximate surface area is 134 Å². The molecule has 1 rings (SSSR count). The van der Waals surface area contributed by atoms with Crippen LogP contribution in [0.5, 0.6) is 0 Å². The molecule has 0 saturated heterocycles. The summed E-state index contributed by atoms with van der Waals surface area (Å²) in [4.78, 5) is 10.8. The highest BCUT2D eigenvalue weighted by atomic mass is 32.1. The molecule has 5 heteroatoms. The van der Waals surface area contributed by atoms with E-state index in [2.05, 4.69) is 64.0 Å². The summed E-state index contributed by atoms with van der Waals surface area (Å²) in [5.41, 5.74) is 1.34. The van der Waals surface area contributed by atoms with Gasteiger partial charge < -0.3 is 15.1 Å². The van der Waals surface area contributed by atoms with Crippen molar-refractivity contribution in [3.05, 3.63) is 10.6 Å². The number of thiazole rings is 1. The zero-order chi connectivity index (χ0) is 16.0. The number of hydrogen-bond acceptors (Lipinski definition) is 5. The lowest BCUT2D eigenvalue weighted by Crippen LogP contribution is -2.28. The first-order valence-electron chi connectivity index (χ1n) is 7.82. The Bertz CT molecular complexity index is 420. The van der Waals surface area contributed by atoms with E-state index < -0.39 is 0 Å². The molecule has 0 amide bonds. The number of nitrogens with zero attached hydrogens (tertiary/aromatic N) is 3. The van der Waals surface area contributed by atoms with Crippen LogP contribution in [0.4, 0.5) is 5.13 Å². The van der Waals surface area contributed by atoms with Crippen molar-refractivity contribution < 1.29 is 0 Å². The first-order chi connectivity index (χ1) is 9.75. The Kier molecular flexibility index (Phi) is 7.10. The average molecular weight is 313 g/mol. The van der Waals surface area contributed by atoms with E-state index in [9.17, 15) is 0 Å². The molecule has 0 aromatic carbocycles. The van der Waals surface area contributed by atoms with E-state index in [1.165, 1.54) is 17.0 Å². The zero-order valence-corrected chi connectivity index (χ0v) is 15.6. The maximum atomic E-state index is 4.92. The number of likely N-dealkylation sites (N-methyl/N-ethyl adjacent to an activating group) is 2. The molecule has 4 nitrogen and oxygen atoms in total. The van der Waals surface area contributed by atoms with Gasteiger partial charge in [0.25, 0.3) is 0 Å². The highest BCUT2D eigenvalue weighted by Crippen LogP contribution is 2.33. The molecule has 1 heterocycles. The van der Waals surface area contributed by atoms with Gasteiger partial charge in [-0.25, -0.2) is 4.98 Å². The van der Waals surface area contributed by atoms with Crippen molar-refractivity contribution in [1.82, 2.24) is 15.2 Å². The highest BCUT2D eigenvalue weighted by Gasteiger charge is 2.24. The van der Waals surface area contributed by atoms with E-state index in [0.717, 1.165) is 31.3 Å². The molecule has 1 N–H and O–H groups in total. The summed E-state index contributed by atoms with van der Waals surface area (Å²) >= 11 is 1.83. The van der Waals surface area contributed by atoms with E-state index in [1.807, 2.05) is 11.3 Å². The molecule has 0 aliphatic carbocycles. The van der Waals surface area contributed by atoms with Crippen molar-refractivity contribution in [2.75, 3.05) is 45.7 Å². The summed E-state index contributed by atoms with van der Waals surface area (Å²) in [6, 6.07) is 0. The van der Waals surface area contributed by atoms with E-state index in [4.69, 9.17) is 4.98 Å². The van der Waals surface area contributed by atoms with Gasteiger partial charge in [0, 0.05) is 37.0 Å². The predicted molar refractivity (Wildman–Crippen MR) is 94.6 cm³/mol. The third-order valence-corrected chi connectivity index (χ3v) is 4.49. The van der Waals surface area contributed by atoms with Crippen molar-refractivity contribution in [1.29, 1.82) is 0 Å². The average Bonchev–Trinajstić information content (AvgIpc) is 2.80. The van der Waals surface area contributed by atoms with Gasteiger partial charge in [0.05, 0.1) is 5.69 Å². The van der Waals surface area contributed by atoms with Crippen LogP contribution in [-0.2, 0) is 12.0 Å². The normalized spacial score (nSPS) is 12.2. The SMILES string of the molecule is CCCNCc1sc(N(C)CCN(C)C)nc1C(C)(C)C. The van der Waals surface area contributed by atoms with Crippen molar-refractivity contribution in [3.8, 4) is 0 Å². The summed E-state index contributed by atoms with van der Waals surface area (Å²) in [5, 5.41) is 4.64. The van der Waals surface area contributed by atoms with E-state index in [0.29, 0.717) is 0 Å². The maximum absolute atomic E-state index is 4.92. The van der Waals surface area contributed by atoms with Crippen molar-refractivity contribution in [3.63, 3.8) is 0 Å². The van der Waals surface area contributed by atoms with Gasteiger partial charge in [-0.15, -0.1) is 11.3 Å². The van der Waals surface area contributed by atoms with Gasteiger partial charge in [-0.05, 0) is 27.1 Å². The molecular formula is C16H32N4S. The lowest BCUT2D eigenvalue weighted by atomic mass is 9.91. The second kappa shape index (κ2) is 8.11. The molecule has 0 spiro atoms. The van der Waals surface area contributed by atoms with Gasteiger partial charge in [0.15, 0.2) is 5.13 Å². The van der Waals surface area contributed by atoms with Crippen molar-refractivity contribution in [2.45, 2.75) is 46.1 Å². The fraction of sp³-hybridized carbons (Fsp3) is 0.812. The smallest absolute Gasteiger partial charge is 0.185 e. The van der Waals surface area contributed by atoms with E-state index in [-0.39, 0.29) is 5.41 Å². The Hall–Kier alpha value is -0.650. The summed E-state index contributed by atoms with van der Waals surface area (Å²) in [5.74, 6) is 0. The molecule has 122 valence electrons. The van der Waals surface area contributed by atoms with Crippen LogP contribution >= 0.6 is 11.3 Å². The van der Waals surface area contributed by atoms with Crippen LogP contribution in [0.1, 0.15) is 44.7 Å². The maximum Gasteiger partial charge on any atom is 0.185 e. The molecular weight excluding hydrogens is 280 g/mol. The topological polar surface area (TPSA) is 31.4 Å². The molecule has 0 saturated carbocycles. The molecule has 1 aromatic heterocycles. The first kappa shape index (κ1) is 18.4. The van der Waals surface area contributed by atoms with Crippen LogP contribution in [-0.4, -0.2) is 50.7 Å². The molecule has 0 radical (unpaired) electrons. The van der Waals surface area contributed by atoms with Gasteiger partial charge in [-0.2, -0.15) is 0 Å². The number of hydrogen-bond donors (Lipinski definition) is 1. The fourth-order valence-corrected chi connectivity index (χ4v) is 3.26. The quantitative estimate of drug-likeness (QED) is 0.748. The largest absolute Gasteiger partial charge is 0.350 e. The molecule has 0 atom stereocenters. The molecule has 0 fully saturated rings. The third-order valence-electron chi connectivity index (χ3n) is 3.32. The lowest BCUT2D eigenvalue weighted by molar-refractivity contribution is 0.416. The minimum absolute atomic E-state index is 0.0976. The Balaban J connectivity index is 2.86. The fourth-order valence-electron chi connectivity index (χ4n) is 2.03. The molecule has 0 aliphatic heterocycles. The van der Waals surface area contributed by atoms with E-state index in [1.54, 1.807) is 0 Å². The number of nitrogens with one attached hydrogen (secondary N) is 1. The lowest BCUT2D eigenvalue weighted by Gasteiger charge is -2.19. The summed E-state index contributed by atoms with van der Waals surface area (Å²) in [6.45, 7) is 13.0.